The first-order valence-corrected chi connectivity index (χ1v) is 6.30. The number of aromatic nitrogens is 2. The van der Waals surface area contributed by atoms with E-state index in [2.05, 4.69) is 5.10 Å². The van der Waals surface area contributed by atoms with E-state index in [-0.39, 0.29) is 17.0 Å². The van der Waals surface area contributed by atoms with Crippen LogP contribution in [0, 0.1) is 0 Å². The van der Waals surface area contributed by atoms with Crippen molar-refractivity contribution in [3.05, 3.63) is 71.9 Å². The Kier molecular flexibility index (Phi) is 4.65. The SMILES string of the molecule is O=C(O)c1ccc(C[n+]2ccc3ccccc3n2)cc1.[Br-]. The Bertz CT molecular complexity index is 773. The van der Waals surface area contributed by atoms with Gasteiger partial charge in [0.25, 0.3) is 0 Å². The van der Waals surface area contributed by atoms with Crippen LogP contribution in [0.5, 0.6) is 0 Å². The summed E-state index contributed by atoms with van der Waals surface area (Å²) in [6, 6.07) is 16.8. The standard InChI is InChI=1S/C16H12N2O2.BrH/c19-16(20)14-7-5-12(6-8-14)11-18-10-9-13-3-1-2-4-15(13)17-18;/h1-10H,11H2;1H. The van der Waals surface area contributed by atoms with Crippen LogP contribution in [0.15, 0.2) is 60.8 Å². The fourth-order valence-electron chi connectivity index (χ4n) is 2.09. The van der Waals surface area contributed by atoms with E-state index in [1.165, 1.54) is 0 Å². The van der Waals surface area contributed by atoms with Crippen LogP contribution in [0.1, 0.15) is 15.9 Å². The zero-order valence-electron chi connectivity index (χ0n) is 11.1. The minimum Gasteiger partial charge on any atom is -1.00 e. The number of nitrogens with zero attached hydrogens (tertiary/aromatic N) is 2. The van der Waals surface area contributed by atoms with Gasteiger partial charge in [0.05, 0.1) is 5.56 Å². The van der Waals surface area contributed by atoms with Gasteiger partial charge in [-0.3, -0.25) is 0 Å². The van der Waals surface area contributed by atoms with E-state index in [0.717, 1.165) is 16.5 Å². The number of hydrogen-bond donors (Lipinski definition) is 1. The summed E-state index contributed by atoms with van der Waals surface area (Å²) in [6.45, 7) is 0.616. The molecule has 0 fully saturated rings. The fraction of sp³-hybridized carbons (Fsp3) is 0.0625. The van der Waals surface area contributed by atoms with E-state index >= 15 is 0 Å². The van der Waals surface area contributed by atoms with E-state index in [1.807, 2.05) is 53.3 Å². The van der Waals surface area contributed by atoms with Gasteiger partial charge in [0, 0.05) is 22.1 Å². The molecule has 106 valence electrons. The molecular weight excluding hydrogens is 332 g/mol. The van der Waals surface area contributed by atoms with E-state index in [1.54, 1.807) is 12.1 Å². The van der Waals surface area contributed by atoms with Gasteiger partial charge in [-0.15, -0.1) is 0 Å². The molecule has 0 spiro atoms. The Balaban J connectivity index is 0.00000161. The summed E-state index contributed by atoms with van der Waals surface area (Å²) in [6.07, 6.45) is 1.92. The summed E-state index contributed by atoms with van der Waals surface area (Å²) in [5.74, 6) is -0.909. The van der Waals surface area contributed by atoms with Crippen LogP contribution in [-0.2, 0) is 6.54 Å². The lowest BCUT2D eigenvalue weighted by atomic mass is 10.1. The summed E-state index contributed by atoms with van der Waals surface area (Å²) in [5.41, 5.74) is 2.25. The second-order valence-corrected chi connectivity index (χ2v) is 4.57. The summed E-state index contributed by atoms with van der Waals surface area (Å²) in [4.78, 5) is 10.8. The third-order valence-corrected chi connectivity index (χ3v) is 3.14. The van der Waals surface area contributed by atoms with Crippen molar-refractivity contribution in [2.24, 2.45) is 0 Å². The highest BCUT2D eigenvalue weighted by Crippen LogP contribution is 2.08. The average molecular weight is 345 g/mol. The molecule has 21 heavy (non-hydrogen) atoms. The van der Waals surface area contributed by atoms with E-state index in [9.17, 15) is 4.79 Å². The van der Waals surface area contributed by atoms with E-state index in [0.29, 0.717) is 12.1 Å². The molecule has 0 aliphatic carbocycles. The van der Waals surface area contributed by atoms with Crippen molar-refractivity contribution in [3.63, 3.8) is 0 Å². The second-order valence-electron chi connectivity index (χ2n) is 4.57. The largest absolute Gasteiger partial charge is 1.00 e. The first-order valence-electron chi connectivity index (χ1n) is 6.30. The smallest absolute Gasteiger partial charge is 0.335 e. The highest BCUT2D eigenvalue weighted by Gasteiger charge is 2.08. The van der Waals surface area contributed by atoms with Crippen LogP contribution >= 0.6 is 0 Å². The zero-order chi connectivity index (χ0) is 13.9. The van der Waals surface area contributed by atoms with Gasteiger partial charge < -0.3 is 22.1 Å². The van der Waals surface area contributed by atoms with Gasteiger partial charge in [-0.1, -0.05) is 35.0 Å². The molecular formula is C16H13BrN2O2. The maximum atomic E-state index is 10.8. The summed E-state index contributed by atoms with van der Waals surface area (Å²) in [5, 5.41) is 14.5. The zero-order valence-corrected chi connectivity index (χ0v) is 12.7. The number of hydrogen-bond acceptors (Lipinski definition) is 2. The van der Waals surface area contributed by atoms with Crippen LogP contribution in [0.2, 0.25) is 0 Å². The van der Waals surface area contributed by atoms with Crippen molar-refractivity contribution in [2.75, 3.05) is 0 Å². The average Bonchev–Trinajstić information content (AvgIpc) is 2.48. The van der Waals surface area contributed by atoms with Crippen molar-refractivity contribution in [3.8, 4) is 0 Å². The number of carboxylic acids is 1. The second kappa shape index (κ2) is 6.45. The molecule has 0 atom stereocenters. The van der Waals surface area contributed by atoms with Gasteiger partial charge in [-0.25, -0.2) is 4.79 Å². The van der Waals surface area contributed by atoms with Gasteiger partial charge in [-0.05, 0) is 18.2 Å². The van der Waals surface area contributed by atoms with E-state index in [4.69, 9.17) is 5.11 Å². The number of rotatable bonds is 3. The first-order chi connectivity index (χ1) is 9.72. The minimum absolute atomic E-state index is 0. The lowest BCUT2D eigenvalue weighted by Crippen LogP contribution is -3.00. The number of carbonyl (C=O) groups is 1. The number of halogens is 1. The van der Waals surface area contributed by atoms with Gasteiger partial charge in [0.2, 0.25) is 0 Å². The van der Waals surface area contributed by atoms with Gasteiger partial charge in [-0.2, -0.15) is 0 Å². The molecule has 1 heterocycles. The quantitative estimate of drug-likeness (QED) is 0.637. The van der Waals surface area contributed by atoms with Crippen LogP contribution in [0.3, 0.4) is 0 Å². The van der Waals surface area contributed by atoms with Crippen LogP contribution in [0.25, 0.3) is 10.9 Å². The molecule has 0 radical (unpaired) electrons. The molecule has 3 rings (SSSR count). The summed E-state index contributed by atoms with van der Waals surface area (Å²) in [7, 11) is 0. The highest BCUT2D eigenvalue weighted by atomic mass is 79.9. The molecule has 0 saturated heterocycles. The Morgan fingerprint density at radius 1 is 1.05 bits per heavy atom. The molecule has 0 aliphatic rings. The maximum absolute atomic E-state index is 10.8. The van der Waals surface area contributed by atoms with Crippen molar-refractivity contribution in [2.45, 2.75) is 6.54 Å². The molecule has 2 aromatic carbocycles. The van der Waals surface area contributed by atoms with Crippen LogP contribution in [-0.4, -0.2) is 16.2 Å². The molecule has 0 aliphatic heterocycles. The topological polar surface area (TPSA) is 54.1 Å². The highest BCUT2D eigenvalue weighted by molar-refractivity contribution is 5.87. The maximum Gasteiger partial charge on any atom is 0.335 e. The van der Waals surface area contributed by atoms with Crippen molar-refractivity contribution >= 4 is 16.9 Å². The predicted molar refractivity (Wildman–Crippen MR) is 74.4 cm³/mol. The molecule has 0 saturated carbocycles. The Morgan fingerprint density at radius 2 is 1.76 bits per heavy atom. The lowest BCUT2D eigenvalue weighted by Gasteiger charge is -1.99. The normalized spacial score (nSPS) is 10.1. The van der Waals surface area contributed by atoms with Crippen molar-refractivity contribution in [1.82, 2.24) is 5.10 Å². The molecule has 1 aromatic heterocycles. The Hall–Kier alpha value is -2.27. The third-order valence-electron chi connectivity index (χ3n) is 3.14. The fourth-order valence-corrected chi connectivity index (χ4v) is 2.09. The molecule has 0 bridgehead atoms. The van der Waals surface area contributed by atoms with Gasteiger partial charge >= 0.3 is 5.97 Å². The number of fused-ring (bicyclic) bond motifs is 1. The molecule has 3 aromatic rings. The van der Waals surface area contributed by atoms with E-state index < -0.39 is 5.97 Å². The third kappa shape index (κ3) is 3.44. The molecule has 4 nitrogen and oxygen atoms in total. The molecule has 1 N–H and O–H groups in total. The number of benzene rings is 2. The van der Waals surface area contributed by atoms with Crippen LogP contribution < -0.4 is 21.7 Å². The summed E-state index contributed by atoms with van der Waals surface area (Å²) < 4.78 is 1.85. The van der Waals surface area contributed by atoms with Gasteiger partial charge in [0.15, 0.2) is 12.7 Å². The lowest BCUT2D eigenvalue weighted by molar-refractivity contribution is -0.743. The Labute approximate surface area is 132 Å². The summed E-state index contributed by atoms with van der Waals surface area (Å²) >= 11 is 0. The number of carboxylic acid groups (broad SMARTS) is 1. The molecule has 0 amide bonds. The Morgan fingerprint density at radius 3 is 2.48 bits per heavy atom. The van der Waals surface area contributed by atoms with Gasteiger partial charge in [0.1, 0.15) is 5.52 Å². The predicted octanol–water partition coefficient (Wildman–Crippen LogP) is -0.727. The number of aromatic carboxylic acids is 1. The minimum atomic E-state index is -0.909. The van der Waals surface area contributed by atoms with Crippen molar-refractivity contribution < 1.29 is 31.6 Å². The molecule has 0 unspecified atom stereocenters. The van der Waals surface area contributed by atoms with Crippen LogP contribution in [0.4, 0.5) is 0 Å². The van der Waals surface area contributed by atoms with Crippen molar-refractivity contribution in [1.29, 1.82) is 0 Å². The molecule has 5 heteroatoms. The monoisotopic (exact) mass is 344 g/mol. The first kappa shape index (κ1) is 15.1.